The smallest absolute Gasteiger partial charge is 0.338 e. The average molecular weight is 620 g/mol. The van der Waals surface area contributed by atoms with E-state index in [1.165, 1.54) is 0 Å². The molecule has 3 aromatic heterocycles. The van der Waals surface area contributed by atoms with E-state index in [2.05, 4.69) is 32.7 Å². The van der Waals surface area contributed by atoms with Crippen molar-refractivity contribution in [1.29, 1.82) is 0 Å². The number of carbonyl (C=O) groups is 1. The summed E-state index contributed by atoms with van der Waals surface area (Å²) in [6.07, 6.45) is 5.10. The van der Waals surface area contributed by atoms with Gasteiger partial charge in [0, 0.05) is 41.4 Å². The van der Waals surface area contributed by atoms with E-state index in [0.29, 0.717) is 24.0 Å². The van der Waals surface area contributed by atoms with Crippen LogP contribution in [0, 0.1) is 0 Å². The summed E-state index contributed by atoms with van der Waals surface area (Å²) in [4.78, 5) is 29.8. The lowest BCUT2D eigenvalue weighted by atomic mass is 9.93. The topological polar surface area (TPSA) is 91.6 Å². The standard InChI is InChI=1S/C37H41N5O4/c1-37(2,3)46-36(43)28-11-12-32-33(20-28)42(22-29-15-18-44-29)34(39-32)23-41-16-13-26(14-17-41)31-9-6-10-35(40-31)45-24-25-19-27-7-4-5-8-30(27)38-21-25/h4-12,19-21,26,29H,13-18,22-24H2,1-3H3. The molecular weight excluding hydrogens is 578 g/mol. The highest BCUT2D eigenvalue weighted by molar-refractivity contribution is 5.94. The maximum absolute atomic E-state index is 12.8. The van der Waals surface area contributed by atoms with E-state index < -0.39 is 5.60 Å². The van der Waals surface area contributed by atoms with E-state index in [1.807, 2.05) is 75.5 Å². The van der Waals surface area contributed by atoms with Crippen molar-refractivity contribution in [2.45, 2.75) is 77.4 Å². The number of piperidine rings is 1. The molecule has 238 valence electrons. The number of hydrogen-bond acceptors (Lipinski definition) is 8. The summed E-state index contributed by atoms with van der Waals surface area (Å²) in [5.41, 5.74) is 4.91. The second-order valence-electron chi connectivity index (χ2n) is 13.4. The highest BCUT2D eigenvalue weighted by atomic mass is 16.6. The van der Waals surface area contributed by atoms with Gasteiger partial charge in [-0.15, -0.1) is 0 Å². The Hall–Kier alpha value is -4.34. The third kappa shape index (κ3) is 6.90. The largest absolute Gasteiger partial charge is 0.473 e. The fourth-order valence-corrected chi connectivity index (χ4v) is 6.27. The Bertz CT molecular complexity index is 1850. The molecule has 46 heavy (non-hydrogen) atoms. The number of rotatable bonds is 9. The zero-order valence-corrected chi connectivity index (χ0v) is 26.8. The first-order valence-corrected chi connectivity index (χ1v) is 16.3. The van der Waals surface area contributed by atoms with Gasteiger partial charge in [0.15, 0.2) is 0 Å². The number of nitrogens with zero attached hydrogens (tertiary/aromatic N) is 5. The number of imidazole rings is 1. The second kappa shape index (κ2) is 12.8. The van der Waals surface area contributed by atoms with Crippen molar-refractivity contribution in [3.05, 3.63) is 95.6 Å². The summed E-state index contributed by atoms with van der Waals surface area (Å²) in [6.45, 7) is 10.2. The van der Waals surface area contributed by atoms with Crippen molar-refractivity contribution < 1.29 is 19.0 Å². The van der Waals surface area contributed by atoms with Gasteiger partial charge in [-0.1, -0.05) is 24.3 Å². The normalized spacial score (nSPS) is 17.7. The van der Waals surface area contributed by atoms with E-state index in [-0.39, 0.29) is 12.1 Å². The Morgan fingerprint density at radius 3 is 2.57 bits per heavy atom. The molecule has 0 spiro atoms. The predicted octanol–water partition coefficient (Wildman–Crippen LogP) is 6.68. The maximum atomic E-state index is 12.8. The molecular formula is C37H41N5O4. The van der Waals surface area contributed by atoms with E-state index in [4.69, 9.17) is 24.2 Å². The molecule has 2 aliphatic rings. The third-order valence-electron chi connectivity index (χ3n) is 8.79. The molecule has 5 heterocycles. The van der Waals surface area contributed by atoms with Gasteiger partial charge in [0.25, 0.3) is 0 Å². The molecule has 5 aromatic rings. The van der Waals surface area contributed by atoms with Gasteiger partial charge in [0.05, 0.1) is 41.3 Å². The Balaban J connectivity index is 1.00. The summed E-state index contributed by atoms with van der Waals surface area (Å²) >= 11 is 0. The van der Waals surface area contributed by atoms with E-state index in [0.717, 1.165) is 91.1 Å². The van der Waals surface area contributed by atoms with Crippen LogP contribution in [0.3, 0.4) is 0 Å². The SMILES string of the molecule is CC(C)(C)OC(=O)c1ccc2nc(CN3CCC(c4cccc(OCc5cnc6ccccc6c5)n4)CC3)n(CC3CCO3)c2c1. The molecule has 0 saturated carbocycles. The van der Waals surface area contributed by atoms with Crippen LogP contribution in [0.2, 0.25) is 0 Å². The van der Waals surface area contributed by atoms with Gasteiger partial charge in [-0.3, -0.25) is 9.88 Å². The van der Waals surface area contributed by atoms with Crippen LogP contribution >= 0.6 is 0 Å². The first-order chi connectivity index (χ1) is 22.3. The third-order valence-corrected chi connectivity index (χ3v) is 8.79. The maximum Gasteiger partial charge on any atom is 0.338 e. The lowest BCUT2D eigenvalue weighted by Gasteiger charge is -2.32. The number of pyridine rings is 2. The summed E-state index contributed by atoms with van der Waals surface area (Å²) in [5, 5.41) is 1.11. The molecule has 0 bridgehead atoms. The van der Waals surface area contributed by atoms with Gasteiger partial charge in [-0.2, -0.15) is 0 Å². The van der Waals surface area contributed by atoms with Crippen LogP contribution in [0.4, 0.5) is 0 Å². The molecule has 2 fully saturated rings. The highest BCUT2D eigenvalue weighted by Gasteiger charge is 2.27. The molecule has 1 unspecified atom stereocenters. The van der Waals surface area contributed by atoms with Gasteiger partial charge in [0.2, 0.25) is 5.88 Å². The molecule has 0 amide bonds. The fraction of sp³-hybridized carbons (Fsp3) is 0.405. The van der Waals surface area contributed by atoms with Crippen LogP contribution in [-0.2, 0) is 29.2 Å². The Labute approximate surface area is 269 Å². The molecule has 2 aliphatic heterocycles. The second-order valence-corrected chi connectivity index (χ2v) is 13.4. The Kier molecular flexibility index (Phi) is 8.44. The zero-order valence-electron chi connectivity index (χ0n) is 26.8. The first kappa shape index (κ1) is 30.3. The van der Waals surface area contributed by atoms with Gasteiger partial charge in [-0.05, 0) is 89.5 Å². The first-order valence-electron chi connectivity index (χ1n) is 16.3. The molecule has 0 aliphatic carbocycles. The number of likely N-dealkylation sites (tertiary alicyclic amines) is 1. The van der Waals surface area contributed by atoms with Crippen molar-refractivity contribution in [3.8, 4) is 5.88 Å². The zero-order chi connectivity index (χ0) is 31.7. The van der Waals surface area contributed by atoms with E-state index >= 15 is 0 Å². The lowest BCUT2D eigenvalue weighted by Crippen LogP contribution is -2.35. The minimum atomic E-state index is -0.553. The fourth-order valence-electron chi connectivity index (χ4n) is 6.27. The Morgan fingerprint density at radius 2 is 1.78 bits per heavy atom. The lowest BCUT2D eigenvalue weighted by molar-refractivity contribution is -0.0592. The summed E-state index contributed by atoms with van der Waals surface area (Å²) < 4.78 is 19.8. The van der Waals surface area contributed by atoms with Gasteiger partial charge < -0.3 is 18.8 Å². The number of carbonyl (C=O) groups excluding carboxylic acids is 1. The van der Waals surface area contributed by atoms with E-state index in [1.54, 1.807) is 0 Å². The van der Waals surface area contributed by atoms with Gasteiger partial charge >= 0.3 is 5.97 Å². The van der Waals surface area contributed by atoms with Crippen molar-refractivity contribution in [2.24, 2.45) is 0 Å². The van der Waals surface area contributed by atoms with Crippen LogP contribution in [0.1, 0.15) is 73.4 Å². The molecule has 9 heteroatoms. The number of esters is 1. The molecule has 2 saturated heterocycles. The summed E-state index contributed by atoms with van der Waals surface area (Å²) in [6, 6.07) is 22.0. The number of fused-ring (bicyclic) bond motifs is 2. The molecule has 9 nitrogen and oxygen atoms in total. The summed E-state index contributed by atoms with van der Waals surface area (Å²) in [7, 11) is 0. The highest BCUT2D eigenvalue weighted by Crippen LogP contribution is 2.30. The Morgan fingerprint density at radius 1 is 0.957 bits per heavy atom. The van der Waals surface area contributed by atoms with Gasteiger partial charge in [-0.25, -0.2) is 14.8 Å². The monoisotopic (exact) mass is 619 g/mol. The average Bonchev–Trinajstić information content (AvgIpc) is 3.37. The van der Waals surface area contributed by atoms with Crippen molar-refractivity contribution >= 4 is 27.9 Å². The van der Waals surface area contributed by atoms with Crippen LogP contribution in [0.25, 0.3) is 21.9 Å². The number of para-hydroxylation sites is 1. The minimum Gasteiger partial charge on any atom is -0.473 e. The van der Waals surface area contributed by atoms with Crippen molar-refractivity contribution in [1.82, 2.24) is 24.4 Å². The molecule has 0 N–H and O–H groups in total. The number of aromatic nitrogens is 4. The van der Waals surface area contributed by atoms with Gasteiger partial charge in [0.1, 0.15) is 18.0 Å². The van der Waals surface area contributed by atoms with E-state index in [9.17, 15) is 4.79 Å². The molecule has 1 atom stereocenters. The predicted molar refractivity (Wildman–Crippen MR) is 177 cm³/mol. The molecule has 7 rings (SSSR count). The minimum absolute atomic E-state index is 0.171. The summed E-state index contributed by atoms with van der Waals surface area (Å²) in [5.74, 6) is 1.70. The number of benzene rings is 2. The van der Waals surface area contributed by atoms with Crippen molar-refractivity contribution in [3.63, 3.8) is 0 Å². The molecule has 2 aromatic carbocycles. The quantitative estimate of drug-likeness (QED) is 0.169. The number of hydrogen-bond donors (Lipinski definition) is 0. The van der Waals surface area contributed by atoms with Crippen molar-refractivity contribution in [2.75, 3.05) is 19.7 Å². The number of ether oxygens (including phenoxy) is 3. The van der Waals surface area contributed by atoms with Crippen LogP contribution in [0.5, 0.6) is 5.88 Å². The molecule has 0 radical (unpaired) electrons. The van der Waals surface area contributed by atoms with Crippen LogP contribution in [-0.4, -0.2) is 61.8 Å². The van der Waals surface area contributed by atoms with Crippen LogP contribution in [0.15, 0.2) is 72.9 Å². The van der Waals surface area contributed by atoms with Crippen LogP contribution < -0.4 is 4.74 Å².